The monoisotopic (exact) mass is 360 g/mol. The number of nitrogens with two attached hydrogens (primary N) is 1. The first-order valence-corrected chi connectivity index (χ1v) is 11.5. The Balaban J connectivity index is 1.72. The summed E-state index contributed by atoms with van der Waals surface area (Å²) in [6.07, 6.45) is 11.1. The second-order valence-corrected chi connectivity index (χ2v) is 10.3. The van der Waals surface area contributed by atoms with Gasteiger partial charge in [-0.3, -0.25) is 5.84 Å². The van der Waals surface area contributed by atoms with Gasteiger partial charge in [-0.05, 0) is 86.4 Å². The van der Waals surface area contributed by atoms with Crippen LogP contribution in [-0.4, -0.2) is 17.6 Å². The van der Waals surface area contributed by atoms with E-state index in [1.807, 2.05) is 5.01 Å². The quantitative estimate of drug-likeness (QED) is 0.356. The van der Waals surface area contributed by atoms with Gasteiger partial charge in [0.2, 0.25) is 0 Å². The summed E-state index contributed by atoms with van der Waals surface area (Å²) >= 11 is 0. The van der Waals surface area contributed by atoms with Crippen LogP contribution in [0.4, 0.5) is 0 Å². The van der Waals surface area contributed by atoms with Crippen molar-refractivity contribution in [2.45, 2.75) is 92.0 Å². The largest absolute Gasteiger partial charge is 0.268 e. The first kappa shape index (κ1) is 20.4. The van der Waals surface area contributed by atoms with Gasteiger partial charge in [0, 0.05) is 12.6 Å². The van der Waals surface area contributed by atoms with Crippen LogP contribution in [0.15, 0.2) is 12.2 Å². The molecule has 0 spiro atoms. The predicted molar refractivity (Wildman–Crippen MR) is 113 cm³/mol. The summed E-state index contributed by atoms with van der Waals surface area (Å²) in [5.74, 6) is 11.9. The van der Waals surface area contributed by atoms with Crippen molar-refractivity contribution in [3.05, 3.63) is 12.2 Å². The van der Waals surface area contributed by atoms with Crippen LogP contribution in [0, 0.1) is 40.9 Å². The van der Waals surface area contributed by atoms with Crippen LogP contribution in [-0.2, 0) is 0 Å². The number of hydrogen-bond acceptors (Lipinski definition) is 2. The lowest BCUT2D eigenvalue weighted by Crippen LogP contribution is -2.48. The Labute approximate surface area is 162 Å². The van der Waals surface area contributed by atoms with Crippen molar-refractivity contribution in [3.8, 4) is 0 Å². The molecule has 8 unspecified atom stereocenters. The maximum Gasteiger partial charge on any atom is 0.0342 e. The summed E-state index contributed by atoms with van der Waals surface area (Å²) in [5.41, 5.74) is 1.89. The molecule has 3 fully saturated rings. The van der Waals surface area contributed by atoms with Crippen molar-refractivity contribution in [2.75, 3.05) is 6.54 Å². The second-order valence-electron chi connectivity index (χ2n) is 10.3. The zero-order chi connectivity index (χ0) is 19.1. The van der Waals surface area contributed by atoms with E-state index in [1.165, 1.54) is 50.5 Å². The minimum absolute atomic E-state index is 0.442. The third-order valence-electron chi connectivity index (χ3n) is 9.24. The van der Waals surface area contributed by atoms with Crippen molar-refractivity contribution in [2.24, 2.45) is 46.8 Å². The molecule has 2 N–H and O–H groups in total. The van der Waals surface area contributed by atoms with Crippen molar-refractivity contribution in [1.29, 1.82) is 0 Å². The van der Waals surface area contributed by atoms with Gasteiger partial charge in [0.25, 0.3) is 0 Å². The average molecular weight is 361 g/mol. The first-order valence-electron chi connectivity index (χ1n) is 11.5. The van der Waals surface area contributed by atoms with Crippen LogP contribution >= 0.6 is 0 Å². The second kappa shape index (κ2) is 7.95. The first-order chi connectivity index (χ1) is 12.3. The Hall–Kier alpha value is -0.340. The van der Waals surface area contributed by atoms with Gasteiger partial charge in [-0.15, -0.1) is 0 Å². The molecular weight excluding hydrogens is 316 g/mol. The average Bonchev–Trinajstić information content (AvgIpc) is 2.98. The summed E-state index contributed by atoms with van der Waals surface area (Å²) in [7, 11) is 0. The molecule has 0 radical (unpaired) electrons. The molecule has 2 nitrogen and oxygen atoms in total. The van der Waals surface area contributed by atoms with Crippen LogP contribution in [0.1, 0.15) is 86.0 Å². The molecule has 3 aliphatic rings. The topological polar surface area (TPSA) is 29.3 Å². The van der Waals surface area contributed by atoms with E-state index in [9.17, 15) is 0 Å². The summed E-state index contributed by atoms with van der Waals surface area (Å²) in [6, 6.07) is 0.442. The molecule has 3 rings (SSSR count). The third-order valence-corrected chi connectivity index (χ3v) is 9.24. The van der Waals surface area contributed by atoms with Crippen molar-refractivity contribution in [1.82, 2.24) is 5.01 Å². The van der Waals surface area contributed by atoms with Crippen LogP contribution in [0.3, 0.4) is 0 Å². The molecule has 0 heterocycles. The molecule has 3 saturated carbocycles. The molecule has 0 amide bonds. The molecular formula is C24H44N2. The molecule has 0 saturated heterocycles. The molecule has 0 aliphatic heterocycles. The Morgan fingerprint density at radius 1 is 1.15 bits per heavy atom. The Morgan fingerprint density at radius 3 is 2.54 bits per heavy atom. The fourth-order valence-corrected chi connectivity index (χ4v) is 7.47. The number of hydrogen-bond donors (Lipinski definition) is 1. The number of nitrogens with zero attached hydrogens (tertiary/aromatic N) is 1. The van der Waals surface area contributed by atoms with E-state index >= 15 is 0 Å². The van der Waals surface area contributed by atoms with Crippen LogP contribution in [0.5, 0.6) is 0 Å². The van der Waals surface area contributed by atoms with Gasteiger partial charge in [-0.2, -0.15) is 0 Å². The molecule has 150 valence electrons. The molecule has 26 heavy (non-hydrogen) atoms. The fraction of sp³-hybridized carbons (Fsp3) is 0.917. The maximum atomic E-state index is 6.34. The predicted octanol–water partition coefficient (Wildman–Crippen LogP) is 6.03. The van der Waals surface area contributed by atoms with E-state index in [0.717, 1.165) is 42.6 Å². The van der Waals surface area contributed by atoms with E-state index < -0.39 is 0 Å². The molecule has 0 aromatic heterocycles. The Morgan fingerprint density at radius 2 is 1.88 bits per heavy atom. The highest BCUT2D eigenvalue weighted by Gasteiger charge is 2.56. The number of rotatable bonds is 6. The molecule has 2 heteroatoms. The van der Waals surface area contributed by atoms with Gasteiger partial charge in [-0.25, -0.2) is 5.01 Å². The van der Waals surface area contributed by atoms with E-state index in [1.54, 1.807) is 0 Å². The van der Waals surface area contributed by atoms with Crippen molar-refractivity contribution < 1.29 is 0 Å². The van der Waals surface area contributed by atoms with Gasteiger partial charge in [-0.1, -0.05) is 52.7 Å². The standard InChI is InChI=1S/C24H44N2/c1-7-18(5)26(25)15-17(4)22-11-12-23-21-10-9-16(3)19(8-2)20(21)13-14-24(22,23)6/h16,18-23H,4,7-15,25H2,1-3,5-6H3. The highest BCUT2D eigenvalue weighted by molar-refractivity contribution is 5.16. The zero-order valence-electron chi connectivity index (χ0n) is 18.1. The third kappa shape index (κ3) is 3.41. The smallest absolute Gasteiger partial charge is 0.0342 e. The van der Waals surface area contributed by atoms with Gasteiger partial charge in [0.1, 0.15) is 0 Å². The Kier molecular flexibility index (Phi) is 6.24. The normalized spacial score (nSPS) is 43.8. The molecule has 0 aromatic carbocycles. The lowest BCUT2D eigenvalue weighted by atomic mass is 9.51. The van der Waals surface area contributed by atoms with Crippen molar-refractivity contribution in [3.63, 3.8) is 0 Å². The fourth-order valence-electron chi connectivity index (χ4n) is 7.47. The van der Waals surface area contributed by atoms with Gasteiger partial charge in [0.15, 0.2) is 0 Å². The minimum atomic E-state index is 0.442. The highest BCUT2D eigenvalue weighted by Crippen LogP contribution is 2.64. The van der Waals surface area contributed by atoms with Crippen molar-refractivity contribution >= 4 is 0 Å². The maximum absolute atomic E-state index is 6.34. The minimum Gasteiger partial charge on any atom is -0.268 e. The SMILES string of the molecule is C=C(CN(N)C(C)CC)C1CCC2C3CCC(C)C(CC)C3CCC12C. The highest BCUT2D eigenvalue weighted by atomic mass is 15.4. The summed E-state index contributed by atoms with van der Waals surface area (Å²) in [4.78, 5) is 0. The summed E-state index contributed by atoms with van der Waals surface area (Å²) < 4.78 is 0. The number of hydrazine groups is 1. The van der Waals surface area contributed by atoms with E-state index in [4.69, 9.17) is 5.84 Å². The van der Waals surface area contributed by atoms with Gasteiger partial charge >= 0.3 is 0 Å². The van der Waals surface area contributed by atoms with Gasteiger partial charge in [0.05, 0.1) is 0 Å². The van der Waals surface area contributed by atoms with Crippen LogP contribution in [0.25, 0.3) is 0 Å². The molecule has 8 atom stereocenters. The Bertz CT molecular complexity index is 500. The number of fused-ring (bicyclic) bond motifs is 3. The van der Waals surface area contributed by atoms with E-state index in [0.29, 0.717) is 17.4 Å². The zero-order valence-corrected chi connectivity index (χ0v) is 18.1. The summed E-state index contributed by atoms with van der Waals surface area (Å²) in [6.45, 7) is 17.4. The molecule has 0 bridgehead atoms. The van der Waals surface area contributed by atoms with E-state index in [2.05, 4.69) is 41.2 Å². The summed E-state index contributed by atoms with van der Waals surface area (Å²) in [5, 5.41) is 2.03. The van der Waals surface area contributed by atoms with E-state index in [-0.39, 0.29) is 0 Å². The van der Waals surface area contributed by atoms with Crippen LogP contribution < -0.4 is 5.84 Å². The lowest BCUT2D eigenvalue weighted by Gasteiger charge is -2.54. The van der Waals surface area contributed by atoms with Crippen LogP contribution in [0.2, 0.25) is 0 Å². The van der Waals surface area contributed by atoms with Gasteiger partial charge < -0.3 is 0 Å². The lowest BCUT2D eigenvalue weighted by molar-refractivity contribution is -0.0457. The molecule has 3 aliphatic carbocycles. The molecule has 0 aromatic rings.